The van der Waals surface area contributed by atoms with Crippen LogP contribution in [-0.2, 0) is 28.4 Å². The topological polar surface area (TPSA) is 140 Å². The quantitative estimate of drug-likeness (QED) is 0.223. The monoisotopic (exact) mass is 716 g/mol. The number of carboxylic acid groups (broad SMARTS) is 1. The first-order valence-corrected chi connectivity index (χ1v) is 19.3. The first-order chi connectivity index (χ1) is 24.2. The number of aryl methyl sites for hydroxylation is 4. The van der Waals surface area contributed by atoms with Crippen molar-refractivity contribution in [3.8, 4) is 11.8 Å². The lowest BCUT2D eigenvalue weighted by Gasteiger charge is -2.32. The normalized spacial score (nSPS) is 19.3. The summed E-state index contributed by atoms with van der Waals surface area (Å²) in [6, 6.07) is 11.4. The van der Waals surface area contributed by atoms with Gasteiger partial charge in [-0.1, -0.05) is 24.6 Å². The first-order valence-electron chi connectivity index (χ1n) is 17.9. The Morgan fingerprint density at radius 2 is 1.78 bits per heavy atom. The van der Waals surface area contributed by atoms with Crippen LogP contribution in [0, 0.1) is 26.2 Å². The largest absolute Gasteiger partial charge is 0.481 e. The molecule has 0 unspecified atom stereocenters. The standard InChI is InChI=1S/C38H48N6O6S/c1-24-10-11-27(32(37(4,5)36(45)46)30-21-28-19-26(3)40-41-33(28)42(30)6)20-29(24)22-44-23-38(12-13-38)50-35-31(51(44,47)48)18-25(2)34(39-35)49-17-16-43-14-8-7-9-15-43/h10-11,18-21,32H,7-9,12-17,22-23H2,1-6H3,(H,45,46)/t32-/m0/s1. The zero-order valence-electron chi connectivity index (χ0n) is 30.4. The molecule has 4 aromatic rings. The van der Waals surface area contributed by atoms with Gasteiger partial charge in [0.2, 0.25) is 21.8 Å². The summed E-state index contributed by atoms with van der Waals surface area (Å²) in [5.41, 5.74) is 3.44. The molecule has 3 aromatic heterocycles. The molecule has 7 rings (SSSR count). The smallest absolute Gasteiger partial charge is 0.310 e. The average molecular weight is 717 g/mol. The minimum absolute atomic E-state index is 0.0396. The molecular weight excluding hydrogens is 669 g/mol. The molecule has 2 fully saturated rings. The van der Waals surface area contributed by atoms with Gasteiger partial charge in [0.15, 0.2) is 5.65 Å². The summed E-state index contributed by atoms with van der Waals surface area (Å²) in [6.45, 7) is 12.8. The second-order valence-corrected chi connectivity index (χ2v) is 17.2. The van der Waals surface area contributed by atoms with Crippen LogP contribution in [0.1, 0.15) is 85.5 Å². The van der Waals surface area contributed by atoms with Gasteiger partial charge < -0.3 is 19.1 Å². The summed E-state index contributed by atoms with van der Waals surface area (Å²) in [5.74, 6) is -1.03. The molecule has 0 radical (unpaired) electrons. The molecule has 3 aliphatic rings. The van der Waals surface area contributed by atoms with Crippen molar-refractivity contribution in [2.24, 2.45) is 12.5 Å². The molecular formula is C38H48N6O6S. The highest BCUT2D eigenvalue weighted by Crippen LogP contribution is 2.48. The molecule has 2 aliphatic heterocycles. The number of sulfonamides is 1. The predicted octanol–water partition coefficient (Wildman–Crippen LogP) is 5.51. The Labute approximate surface area is 299 Å². The summed E-state index contributed by atoms with van der Waals surface area (Å²) in [5, 5.41) is 20.0. The molecule has 1 N–H and O–H groups in total. The predicted molar refractivity (Wildman–Crippen MR) is 193 cm³/mol. The van der Waals surface area contributed by atoms with Crippen molar-refractivity contribution in [3.05, 3.63) is 70.0 Å². The van der Waals surface area contributed by atoms with E-state index in [1.807, 2.05) is 62.7 Å². The molecule has 0 bridgehead atoms. The van der Waals surface area contributed by atoms with Crippen LogP contribution in [-0.4, -0.2) is 86.8 Å². The molecule has 272 valence electrons. The average Bonchev–Trinajstić information content (AvgIpc) is 3.78. The maximum atomic E-state index is 14.5. The van der Waals surface area contributed by atoms with Crippen LogP contribution in [0.5, 0.6) is 11.8 Å². The molecule has 12 nitrogen and oxygen atoms in total. The van der Waals surface area contributed by atoms with Gasteiger partial charge in [0.05, 0.1) is 17.7 Å². The second-order valence-electron chi connectivity index (χ2n) is 15.3. The van der Waals surface area contributed by atoms with E-state index in [2.05, 4.69) is 20.1 Å². The number of ether oxygens (including phenoxy) is 2. The Balaban J connectivity index is 1.22. The fraction of sp³-hybridized carbons (Fsp3) is 0.526. The van der Waals surface area contributed by atoms with Crippen LogP contribution in [0.2, 0.25) is 0 Å². The SMILES string of the molecule is Cc1cc2cc([C@H](c3ccc(C)c(CN4CC5(CC5)Oc5nc(OCCN6CCCCC6)c(C)cc5S4(=O)=O)c3)C(C)(C)C(=O)O)n(C)c2nn1. The summed E-state index contributed by atoms with van der Waals surface area (Å²) in [7, 11) is -2.15. The van der Waals surface area contributed by atoms with E-state index >= 15 is 0 Å². The Morgan fingerprint density at radius 1 is 1.04 bits per heavy atom. The molecule has 1 saturated carbocycles. The highest BCUT2D eigenvalue weighted by Gasteiger charge is 2.53. The van der Waals surface area contributed by atoms with Crippen molar-refractivity contribution in [1.82, 2.24) is 29.0 Å². The number of hydrogen-bond acceptors (Lipinski definition) is 9. The van der Waals surface area contributed by atoms with Crippen LogP contribution in [0.4, 0.5) is 0 Å². The van der Waals surface area contributed by atoms with Crippen molar-refractivity contribution in [2.45, 2.75) is 89.7 Å². The zero-order chi connectivity index (χ0) is 36.3. The number of aliphatic carboxylic acids is 1. The molecule has 1 atom stereocenters. The molecule has 1 aliphatic carbocycles. The fourth-order valence-electron chi connectivity index (χ4n) is 7.57. The van der Waals surface area contributed by atoms with Crippen LogP contribution < -0.4 is 9.47 Å². The van der Waals surface area contributed by atoms with Crippen LogP contribution >= 0.6 is 0 Å². The molecule has 1 spiro atoms. The van der Waals surface area contributed by atoms with Crippen molar-refractivity contribution in [1.29, 1.82) is 0 Å². The molecule has 5 heterocycles. The Morgan fingerprint density at radius 3 is 2.49 bits per heavy atom. The molecule has 0 amide bonds. The minimum Gasteiger partial charge on any atom is -0.481 e. The number of fused-ring (bicyclic) bond motifs is 2. The number of aromatic nitrogens is 4. The van der Waals surface area contributed by atoms with Crippen LogP contribution in [0.3, 0.4) is 0 Å². The van der Waals surface area contributed by atoms with E-state index in [9.17, 15) is 18.3 Å². The van der Waals surface area contributed by atoms with E-state index < -0.39 is 32.9 Å². The molecule has 13 heteroatoms. The van der Waals surface area contributed by atoms with Crippen LogP contribution in [0.25, 0.3) is 11.0 Å². The third kappa shape index (κ3) is 6.71. The number of carbonyl (C=O) groups is 1. The van der Waals surface area contributed by atoms with Gasteiger partial charge in [0.1, 0.15) is 17.1 Å². The second kappa shape index (κ2) is 13.2. The number of rotatable bonds is 10. The van der Waals surface area contributed by atoms with E-state index in [0.717, 1.165) is 65.9 Å². The third-order valence-electron chi connectivity index (χ3n) is 11.0. The van der Waals surface area contributed by atoms with E-state index in [0.29, 0.717) is 23.7 Å². The maximum absolute atomic E-state index is 14.5. The number of hydrogen-bond donors (Lipinski definition) is 1. The lowest BCUT2D eigenvalue weighted by molar-refractivity contribution is -0.147. The Hall–Kier alpha value is -4.07. The van der Waals surface area contributed by atoms with Crippen molar-refractivity contribution < 1.29 is 27.8 Å². The van der Waals surface area contributed by atoms with Gasteiger partial charge in [-0.25, -0.2) is 8.42 Å². The summed E-state index contributed by atoms with van der Waals surface area (Å²) in [4.78, 5) is 19.9. The van der Waals surface area contributed by atoms with Gasteiger partial charge in [-0.15, -0.1) is 5.10 Å². The highest BCUT2D eigenvalue weighted by molar-refractivity contribution is 7.89. The van der Waals surface area contributed by atoms with E-state index in [4.69, 9.17) is 9.47 Å². The molecule has 1 saturated heterocycles. The van der Waals surface area contributed by atoms with Gasteiger partial charge in [-0.05, 0) is 108 Å². The summed E-state index contributed by atoms with van der Waals surface area (Å²) < 4.78 is 44.9. The Bertz CT molecular complexity index is 2100. The number of piperidine rings is 1. The van der Waals surface area contributed by atoms with E-state index in [1.54, 1.807) is 19.9 Å². The lowest BCUT2D eigenvalue weighted by atomic mass is 9.72. The number of carboxylic acids is 1. The zero-order valence-corrected chi connectivity index (χ0v) is 31.2. The molecule has 1 aromatic carbocycles. The number of pyridine rings is 1. The van der Waals surface area contributed by atoms with Crippen molar-refractivity contribution in [3.63, 3.8) is 0 Å². The maximum Gasteiger partial charge on any atom is 0.310 e. The van der Waals surface area contributed by atoms with Gasteiger partial charge in [0.25, 0.3) is 0 Å². The summed E-state index contributed by atoms with van der Waals surface area (Å²) >= 11 is 0. The number of benzene rings is 1. The van der Waals surface area contributed by atoms with Crippen LogP contribution in [0.15, 0.2) is 41.3 Å². The first kappa shape index (κ1) is 35.3. The van der Waals surface area contributed by atoms with Crippen molar-refractivity contribution >= 4 is 27.0 Å². The third-order valence-corrected chi connectivity index (χ3v) is 12.7. The van der Waals surface area contributed by atoms with Gasteiger partial charge >= 0.3 is 5.97 Å². The van der Waals surface area contributed by atoms with Gasteiger partial charge in [-0.3, -0.25) is 9.69 Å². The lowest BCUT2D eigenvalue weighted by Crippen LogP contribution is -2.38. The number of nitrogens with zero attached hydrogens (tertiary/aromatic N) is 6. The van der Waals surface area contributed by atoms with Gasteiger partial charge in [0, 0.05) is 42.7 Å². The fourth-order valence-corrected chi connectivity index (χ4v) is 9.20. The van der Waals surface area contributed by atoms with E-state index in [-0.39, 0.29) is 23.9 Å². The highest BCUT2D eigenvalue weighted by atomic mass is 32.2. The van der Waals surface area contributed by atoms with Gasteiger partial charge in [-0.2, -0.15) is 14.4 Å². The van der Waals surface area contributed by atoms with E-state index in [1.165, 1.54) is 23.6 Å². The minimum atomic E-state index is -4.03. The molecule has 51 heavy (non-hydrogen) atoms. The van der Waals surface area contributed by atoms with Crippen molar-refractivity contribution in [2.75, 3.05) is 32.8 Å². The Kier molecular flexibility index (Phi) is 9.12. The summed E-state index contributed by atoms with van der Waals surface area (Å²) in [6.07, 6.45) is 5.10. The number of likely N-dealkylation sites (tertiary alicyclic amines) is 1.